The summed E-state index contributed by atoms with van der Waals surface area (Å²) in [5.41, 5.74) is 3.97. The van der Waals surface area contributed by atoms with Gasteiger partial charge >= 0.3 is 199 Å². The zero-order chi connectivity index (χ0) is 24.5. The minimum absolute atomic E-state index is 0.0635. The SMILES string of the molecule is CC.COc1c2n(ccc1=O)N([C@H]1c3ccccc3C[Se]c3ccccc31)[C@@H]1CCCCN1C2=O. The molecule has 2 atom stereocenters. The zero-order valence-corrected chi connectivity index (χ0v) is 22.2. The molecular weight excluding hydrogens is 505 g/mol. The number of methoxy groups -OCH3 is 1. The first-order chi connectivity index (χ1) is 17.2. The summed E-state index contributed by atoms with van der Waals surface area (Å²) in [5, 5.41) is 3.37. The third-order valence-corrected chi connectivity index (χ3v) is 9.33. The summed E-state index contributed by atoms with van der Waals surface area (Å²) in [5.74, 6) is 0.000783. The second kappa shape index (κ2) is 9.92. The van der Waals surface area contributed by atoms with Crippen LogP contribution in [0.4, 0.5) is 0 Å². The molecule has 0 N–H and O–H groups in total. The molecule has 3 aromatic rings. The van der Waals surface area contributed by atoms with Gasteiger partial charge in [0.25, 0.3) is 0 Å². The molecule has 1 amide bonds. The Morgan fingerprint density at radius 3 is 2.49 bits per heavy atom. The topological polar surface area (TPSA) is 54.8 Å². The summed E-state index contributed by atoms with van der Waals surface area (Å²) in [4.78, 5) is 28.2. The van der Waals surface area contributed by atoms with Gasteiger partial charge in [0.05, 0.1) is 0 Å². The molecule has 35 heavy (non-hydrogen) atoms. The number of pyridine rings is 1. The van der Waals surface area contributed by atoms with E-state index in [4.69, 9.17) is 4.74 Å². The first-order valence-corrected chi connectivity index (χ1v) is 14.4. The first kappa shape index (κ1) is 23.7. The van der Waals surface area contributed by atoms with Gasteiger partial charge in [0, 0.05) is 0 Å². The summed E-state index contributed by atoms with van der Waals surface area (Å²) in [6.07, 6.45) is 4.60. The van der Waals surface area contributed by atoms with Crippen molar-refractivity contribution in [1.82, 2.24) is 9.58 Å². The van der Waals surface area contributed by atoms with Crippen LogP contribution in [0.3, 0.4) is 0 Å². The average molecular weight is 537 g/mol. The number of ether oxygens (including phenoxy) is 1. The van der Waals surface area contributed by atoms with Crippen LogP contribution in [-0.2, 0) is 5.32 Å². The van der Waals surface area contributed by atoms with Crippen molar-refractivity contribution >= 4 is 25.3 Å². The Balaban J connectivity index is 0.00000124. The van der Waals surface area contributed by atoms with Crippen molar-refractivity contribution in [2.45, 2.75) is 50.6 Å². The van der Waals surface area contributed by atoms with Gasteiger partial charge in [0.1, 0.15) is 0 Å². The van der Waals surface area contributed by atoms with E-state index < -0.39 is 0 Å². The number of hydrogen-bond donors (Lipinski definition) is 0. The molecule has 1 saturated heterocycles. The van der Waals surface area contributed by atoms with Gasteiger partial charge in [-0.2, -0.15) is 0 Å². The molecule has 6 nitrogen and oxygen atoms in total. The molecule has 0 saturated carbocycles. The van der Waals surface area contributed by atoms with E-state index in [1.807, 2.05) is 23.4 Å². The van der Waals surface area contributed by atoms with E-state index in [1.165, 1.54) is 34.3 Å². The van der Waals surface area contributed by atoms with E-state index in [2.05, 4.69) is 53.5 Å². The number of benzene rings is 2. The van der Waals surface area contributed by atoms with Gasteiger partial charge in [-0.05, 0) is 0 Å². The number of hydrogen-bond acceptors (Lipinski definition) is 4. The van der Waals surface area contributed by atoms with Gasteiger partial charge in [-0.1, -0.05) is 13.8 Å². The van der Waals surface area contributed by atoms with Crippen molar-refractivity contribution < 1.29 is 9.53 Å². The fourth-order valence-corrected chi connectivity index (χ4v) is 7.77. The molecule has 3 aliphatic rings. The van der Waals surface area contributed by atoms with Gasteiger partial charge < -0.3 is 0 Å². The predicted octanol–water partition coefficient (Wildman–Crippen LogP) is 3.42. The van der Waals surface area contributed by atoms with Crippen molar-refractivity contribution in [2.75, 3.05) is 18.7 Å². The van der Waals surface area contributed by atoms with Gasteiger partial charge in [-0.15, -0.1) is 0 Å². The Hall–Kier alpha value is -3.02. The van der Waals surface area contributed by atoms with Crippen LogP contribution in [0.1, 0.15) is 66.3 Å². The van der Waals surface area contributed by atoms with Gasteiger partial charge in [-0.3, -0.25) is 0 Å². The molecule has 6 rings (SSSR count). The fraction of sp³-hybridized carbons (Fsp3) is 0.357. The molecule has 0 radical (unpaired) electrons. The van der Waals surface area contributed by atoms with E-state index in [0.29, 0.717) is 27.2 Å². The molecule has 0 bridgehead atoms. The molecule has 7 heteroatoms. The maximum atomic E-state index is 13.6. The number of nitrogens with zero attached hydrogens (tertiary/aromatic N) is 3. The van der Waals surface area contributed by atoms with Crippen LogP contribution in [0.15, 0.2) is 65.6 Å². The number of carbonyl (C=O) groups is 1. The molecule has 0 spiro atoms. The number of fused-ring (bicyclic) bond motifs is 4. The Morgan fingerprint density at radius 2 is 1.69 bits per heavy atom. The molecule has 2 aromatic carbocycles. The zero-order valence-electron chi connectivity index (χ0n) is 20.4. The summed E-state index contributed by atoms with van der Waals surface area (Å²) in [7, 11) is 1.47. The van der Waals surface area contributed by atoms with Crippen LogP contribution in [-0.4, -0.2) is 50.3 Å². The second-order valence-corrected chi connectivity index (χ2v) is 10.8. The van der Waals surface area contributed by atoms with Crippen molar-refractivity contribution in [1.29, 1.82) is 0 Å². The molecule has 1 aromatic heterocycles. The quantitative estimate of drug-likeness (QED) is 0.472. The van der Waals surface area contributed by atoms with Crippen molar-refractivity contribution in [3.05, 3.63) is 93.4 Å². The number of carbonyl (C=O) groups excluding carboxylic acids is 1. The van der Waals surface area contributed by atoms with Crippen molar-refractivity contribution in [3.8, 4) is 5.75 Å². The average Bonchev–Trinajstić information content (AvgIpc) is 3.07. The van der Waals surface area contributed by atoms with Crippen LogP contribution in [0, 0.1) is 0 Å². The Kier molecular flexibility index (Phi) is 6.72. The summed E-state index contributed by atoms with van der Waals surface area (Å²) >= 11 is 0.323. The van der Waals surface area contributed by atoms with E-state index in [9.17, 15) is 9.59 Å². The summed E-state index contributed by atoms with van der Waals surface area (Å²) in [6.45, 7) is 4.69. The van der Waals surface area contributed by atoms with Crippen molar-refractivity contribution in [2.24, 2.45) is 0 Å². The molecule has 1 fully saturated rings. The Bertz CT molecular complexity index is 1260. The van der Waals surface area contributed by atoms with E-state index in [-0.39, 0.29) is 29.3 Å². The predicted molar refractivity (Wildman–Crippen MR) is 139 cm³/mol. The number of piperidine rings is 1. The third kappa shape index (κ3) is 3.87. The van der Waals surface area contributed by atoms with E-state index in [0.717, 1.165) is 24.6 Å². The van der Waals surface area contributed by atoms with Crippen LogP contribution < -0.4 is 19.6 Å². The van der Waals surface area contributed by atoms with Gasteiger partial charge in [-0.25, -0.2) is 0 Å². The molecule has 182 valence electrons. The standard InChI is InChI=1S/C26H25N3O3Se.C2H6/c1-32-25-20(30)13-15-28-24(25)26(31)27-14-7-6-12-22(27)29(28)23-18-9-3-2-8-17(18)16-33-21-11-5-4-10-19(21)23;1-2/h2-5,8-11,13,15,22-23H,6-7,12,14,16H2,1H3;1-2H3/t22-,23+;/m1./s1. The maximum absolute atomic E-state index is 13.6. The Morgan fingerprint density at radius 1 is 0.943 bits per heavy atom. The Labute approximate surface area is 212 Å². The summed E-state index contributed by atoms with van der Waals surface area (Å²) < 4.78 is 8.79. The number of amides is 1. The van der Waals surface area contributed by atoms with Crippen LogP contribution >= 0.6 is 0 Å². The van der Waals surface area contributed by atoms with Crippen LogP contribution in [0.25, 0.3) is 0 Å². The molecule has 3 aliphatic heterocycles. The van der Waals surface area contributed by atoms with Crippen LogP contribution in [0.2, 0.25) is 0 Å². The number of rotatable bonds is 2. The van der Waals surface area contributed by atoms with Gasteiger partial charge in [0.15, 0.2) is 0 Å². The van der Waals surface area contributed by atoms with Gasteiger partial charge in [0.2, 0.25) is 0 Å². The monoisotopic (exact) mass is 537 g/mol. The molecule has 0 aliphatic carbocycles. The molecule has 0 unspecified atom stereocenters. The van der Waals surface area contributed by atoms with E-state index >= 15 is 0 Å². The first-order valence-electron chi connectivity index (χ1n) is 12.4. The van der Waals surface area contributed by atoms with Crippen LogP contribution in [0.5, 0.6) is 5.75 Å². The molecular formula is C28H31N3O3Se. The molecule has 4 heterocycles. The number of aromatic nitrogens is 1. The fourth-order valence-electron chi connectivity index (χ4n) is 5.47. The third-order valence-electron chi connectivity index (χ3n) is 6.94. The summed E-state index contributed by atoms with van der Waals surface area (Å²) in [6, 6.07) is 18.8. The normalized spacial score (nSPS) is 20.4. The van der Waals surface area contributed by atoms with E-state index in [1.54, 1.807) is 6.20 Å². The minimum atomic E-state index is -0.266. The second-order valence-electron chi connectivity index (χ2n) is 8.69. The van der Waals surface area contributed by atoms with Crippen molar-refractivity contribution in [3.63, 3.8) is 0 Å².